The van der Waals surface area contributed by atoms with Gasteiger partial charge in [0.1, 0.15) is 238 Å². The second kappa shape index (κ2) is 44.9. The molecule has 0 saturated carbocycles. The molecule has 10 saturated heterocycles. The maximum Gasteiger partial charge on any atom is 0.217 e. The molecule has 10 heterocycles. The first-order valence-corrected chi connectivity index (χ1v) is 40.0. The third-order valence-corrected chi connectivity index (χ3v) is 22.8. The van der Waals surface area contributed by atoms with Crippen LogP contribution in [0.2, 0.25) is 0 Å². The lowest BCUT2D eigenvalue weighted by atomic mass is 9.93. The number of carbonyl (C=O) groups is 5. The quantitative estimate of drug-likeness (QED) is 0.0297. The summed E-state index contributed by atoms with van der Waals surface area (Å²) in [4.78, 5) is 64.3. The number of hydrogen-bond acceptors (Lipinski definition) is 50. The van der Waals surface area contributed by atoms with Crippen LogP contribution in [0.25, 0.3) is 0 Å². The Morgan fingerprint density at radius 3 is 0.952 bits per heavy atom. The van der Waals surface area contributed by atoms with Gasteiger partial charge in [-0.15, -0.1) is 0 Å². The lowest BCUT2D eigenvalue weighted by Crippen LogP contribution is -2.71. The van der Waals surface area contributed by atoms with Crippen molar-refractivity contribution in [1.29, 1.82) is 0 Å². The minimum Gasteiger partial charge on any atom is -0.394 e. The largest absolute Gasteiger partial charge is 0.394 e. The van der Waals surface area contributed by atoms with E-state index in [-0.39, 0.29) is 0 Å². The van der Waals surface area contributed by atoms with Crippen LogP contribution in [0.3, 0.4) is 0 Å². The first-order valence-electron chi connectivity index (χ1n) is 40.0. The predicted octanol–water partition coefficient (Wildman–Crippen LogP) is -21.1. The van der Waals surface area contributed by atoms with Crippen molar-refractivity contribution in [2.75, 3.05) is 59.5 Å². The Hall–Kier alpha value is -4.45. The number of amides is 5. The second-order valence-electron chi connectivity index (χ2n) is 31.7. The van der Waals surface area contributed by atoms with Gasteiger partial charge in [0.15, 0.2) is 62.9 Å². The fraction of sp³-hybridized carbons (Fsp3) is 0.929. The van der Waals surface area contributed by atoms with Crippen molar-refractivity contribution in [3.8, 4) is 0 Å². The summed E-state index contributed by atoms with van der Waals surface area (Å²) in [7, 11) is 0. The zero-order valence-corrected chi connectivity index (χ0v) is 67.7. The maximum absolute atomic E-state index is 13.5. The highest BCUT2D eigenvalue weighted by molar-refractivity contribution is 5.75. The van der Waals surface area contributed by atoms with Crippen LogP contribution >= 0.6 is 0 Å². The molecule has 0 aromatic rings. The Kier molecular flexibility index (Phi) is 36.8. The number of hydrogen-bond donors (Lipinski definition) is 31. The van der Waals surface area contributed by atoms with Gasteiger partial charge in [0, 0.05) is 34.6 Å². The maximum atomic E-state index is 13.5. The van der Waals surface area contributed by atoms with Crippen molar-refractivity contribution in [2.45, 2.75) is 348 Å². The smallest absolute Gasteiger partial charge is 0.217 e. The van der Waals surface area contributed by atoms with E-state index in [1.165, 1.54) is 6.92 Å². The Morgan fingerprint density at radius 2 is 0.504 bits per heavy atom. The Balaban J connectivity index is 1.01. The van der Waals surface area contributed by atoms with Crippen molar-refractivity contribution in [1.82, 2.24) is 26.6 Å². The van der Waals surface area contributed by atoms with Gasteiger partial charge < -0.3 is 249 Å². The van der Waals surface area contributed by atoms with Crippen LogP contribution in [-0.2, 0) is 114 Å². The fourth-order valence-corrected chi connectivity index (χ4v) is 16.3. The van der Waals surface area contributed by atoms with Crippen LogP contribution in [0.15, 0.2) is 0 Å². The topological polar surface area (TPSA) is 847 Å². The van der Waals surface area contributed by atoms with E-state index >= 15 is 0 Å². The van der Waals surface area contributed by atoms with E-state index in [0.29, 0.717) is 0 Å². The average Bonchev–Trinajstić information content (AvgIpc) is 0.758. The Labute approximate surface area is 708 Å². The van der Waals surface area contributed by atoms with Gasteiger partial charge in [-0.25, -0.2) is 0 Å². The summed E-state index contributed by atoms with van der Waals surface area (Å²) >= 11 is 0. The molecule has 0 aromatic heterocycles. The Morgan fingerprint density at radius 1 is 0.224 bits per heavy atom. The first kappa shape index (κ1) is 103. The van der Waals surface area contributed by atoms with Gasteiger partial charge in [0.05, 0.1) is 65.6 Å². The highest BCUT2D eigenvalue weighted by atomic mass is 16.8. The van der Waals surface area contributed by atoms with Crippen molar-refractivity contribution in [2.24, 2.45) is 0 Å². The molecule has 50 atom stereocenters. The third kappa shape index (κ3) is 22.9. The standard InChI is InChI=1S/C70H117N5O50/c1-16-36(89)46(99)50(103)66(108-16)122-57-35(75-21(6)88)65(116-29(14-83)56(57)121-67-51(104)47(100)38(91)23(8-77)111-67)125-60-49(102)40(93)25(10-79)113-70(60)123-58-41(94)30(117-68(52(58)105)120-55-28(13-82)114-63(33(45(55)98)73-19(4)86)118-53-26(11-80)109-61(106)31(43(53)96)71-17(2)84)15-107-69-59(48(101)39(92)24(9-78)112-69)124-64-34(74-20(5)87)44(97)54(27(12-81)115-64)119-62-32(72-18(3)85)42(95)37(90)22(7-76)110-62/h16,22-70,76-83,89-106H,7-15H2,1-6H3,(H,71,84)(H,72,85)(H,73,86)(H,74,87)(H,75,88)/t16-,22+,23+,24+,25+,26+,27+,28+,29+,30+,31+,32+,33+,34+,35+,36+,37-,38-,39+,40+,41+,42+,43+,44+,45+,46+,47-,48-,49-,50-,51+,52-,53+,54+,55+,56+,57+,58-,59-,60-,61?,62-,63-,64-,65-,66-,67-,68-,69-,70+/m0/s1. The van der Waals surface area contributed by atoms with E-state index in [2.05, 4.69) is 26.6 Å². The lowest BCUT2D eigenvalue weighted by molar-refractivity contribution is -0.403. The molecule has 5 amide bonds. The van der Waals surface area contributed by atoms with Crippen molar-refractivity contribution >= 4 is 29.5 Å². The molecule has 55 nitrogen and oxygen atoms in total. The molecule has 55 heteroatoms. The van der Waals surface area contributed by atoms with Crippen LogP contribution in [0.5, 0.6) is 0 Å². The molecule has 0 bridgehead atoms. The van der Waals surface area contributed by atoms with Crippen LogP contribution in [0.1, 0.15) is 41.5 Å². The molecular formula is C70H117N5O50. The number of rotatable bonds is 32. The van der Waals surface area contributed by atoms with E-state index in [4.69, 9.17) is 90.0 Å². The van der Waals surface area contributed by atoms with E-state index in [1.807, 2.05) is 0 Å². The molecule has 0 aliphatic carbocycles. The van der Waals surface area contributed by atoms with Crippen LogP contribution in [0, 0.1) is 0 Å². The number of carbonyl (C=O) groups excluding carboxylic acids is 5. The fourth-order valence-electron chi connectivity index (χ4n) is 16.3. The first-order chi connectivity index (χ1) is 59.1. The summed E-state index contributed by atoms with van der Waals surface area (Å²) in [6.45, 7) is -4.25. The minimum absolute atomic E-state index is 0.805. The van der Waals surface area contributed by atoms with E-state index in [9.17, 15) is 157 Å². The van der Waals surface area contributed by atoms with Crippen molar-refractivity contribution < 1.29 is 247 Å². The van der Waals surface area contributed by atoms with Gasteiger partial charge >= 0.3 is 0 Å². The Bertz CT molecular complexity index is 3420. The summed E-state index contributed by atoms with van der Waals surface area (Å²) < 4.78 is 115. The molecule has 10 rings (SSSR count). The van der Waals surface area contributed by atoms with E-state index in [1.54, 1.807) is 0 Å². The minimum atomic E-state index is -2.65. The van der Waals surface area contributed by atoms with Gasteiger partial charge in [0.25, 0.3) is 0 Å². The summed E-state index contributed by atoms with van der Waals surface area (Å²) in [6.07, 6.45) is -94.8. The molecule has 0 spiro atoms. The molecule has 0 radical (unpaired) electrons. The zero-order valence-electron chi connectivity index (χ0n) is 67.7. The van der Waals surface area contributed by atoms with Crippen LogP contribution in [0.4, 0.5) is 0 Å². The molecule has 1 unspecified atom stereocenters. The van der Waals surface area contributed by atoms with Gasteiger partial charge in [-0.1, -0.05) is 0 Å². The van der Waals surface area contributed by atoms with Crippen LogP contribution < -0.4 is 26.6 Å². The molecular weight excluding hydrogens is 1710 g/mol. The zero-order chi connectivity index (χ0) is 92.1. The molecule has 10 fully saturated rings. The summed E-state index contributed by atoms with van der Waals surface area (Å²) in [5.74, 6) is -4.57. The second-order valence-corrected chi connectivity index (χ2v) is 31.7. The highest BCUT2D eigenvalue weighted by Crippen LogP contribution is 2.42. The van der Waals surface area contributed by atoms with Gasteiger partial charge in [-0.3, -0.25) is 24.0 Å². The summed E-state index contributed by atoms with van der Waals surface area (Å²) in [5.41, 5.74) is 0. The molecule has 0 aromatic carbocycles. The number of nitrogens with one attached hydrogen (secondary N) is 5. The SMILES string of the molecule is CC(=O)N[C@H]1[C@H](O[C@H]2[C@H](O)[C@@H](NC(C)=O)C(O)O[C@@H]2CO)O[C@H](CO)[C@@H](O[C@@H]2O[C@H](CO[C@H]3O[C@H](CO)[C@@H](O)[C@H](O)[C@@H]3O[C@@H]3O[C@H](CO)[C@@H](O[C@@H]4O[C@H](CO)[C@H](O)[C@H](O)[C@H]4NC(C)=O)[C@H](O)[C@H]3NC(C)=O)[C@@H](O)[C@H](O[C@H]3O[C@H](CO)[C@@H](O)[C@H](O)[C@@H]3O[C@@H]3O[C@H](CO)[C@@H](O[C@@H]4O[C@H](CO)[C@H](O)[C@H](O)[C@H]4O)[C@H](O[C@@H]4O[C@@H](C)[C@@H](O)[C@@H](O)[C@@H]4O)[C@H]3NC(C)=O)[C@@H]2O)[C@@H]1O. The molecule has 10 aliphatic rings. The number of aliphatic hydroxyl groups excluding tert-OH is 26. The van der Waals surface area contributed by atoms with Gasteiger partial charge in [0.2, 0.25) is 29.5 Å². The molecule has 31 N–H and O–H groups in total. The molecule has 10 aliphatic heterocycles. The molecule has 722 valence electrons. The lowest BCUT2D eigenvalue weighted by Gasteiger charge is -2.52. The van der Waals surface area contributed by atoms with Gasteiger partial charge in [-0.2, -0.15) is 0 Å². The molecule has 125 heavy (non-hydrogen) atoms. The normalized spacial score (nSPS) is 48.7. The summed E-state index contributed by atoms with van der Waals surface area (Å²) in [5, 5.41) is 304. The van der Waals surface area contributed by atoms with Gasteiger partial charge in [-0.05, 0) is 6.92 Å². The van der Waals surface area contributed by atoms with E-state index < -0.39 is 396 Å². The third-order valence-electron chi connectivity index (χ3n) is 22.8. The monoisotopic (exact) mass is 1830 g/mol. The predicted molar refractivity (Wildman–Crippen MR) is 386 cm³/mol. The van der Waals surface area contributed by atoms with Crippen molar-refractivity contribution in [3.63, 3.8) is 0 Å². The summed E-state index contributed by atoms with van der Waals surface area (Å²) in [6, 6.07) is -9.33. The van der Waals surface area contributed by atoms with Crippen molar-refractivity contribution in [3.05, 3.63) is 0 Å². The van der Waals surface area contributed by atoms with Crippen LogP contribution in [-0.4, -0.2) is 529 Å². The highest BCUT2D eigenvalue weighted by Gasteiger charge is 2.62. The average molecular weight is 1830 g/mol. The number of aliphatic hydroxyl groups is 26. The van der Waals surface area contributed by atoms with E-state index in [0.717, 1.165) is 34.6 Å². The number of ether oxygens (including phenoxy) is 19.